The molecule has 1 aliphatic carbocycles. The number of fused-ring (bicyclic) bond motifs is 1. The maximum Gasteiger partial charge on any atom is 0.341 e. The summed E-state index contributed by atoms with van der Waals surface area (Å²) in [6.07, 6.45) is 5.37. The number of carboxylic acids is 1. The Bertz CT molecular complexity index is 864. The fraction of sp³-hybridized carbons (Fsp3) is 0.278. The van der Waals surface area contributed by atoms with Gasteiger partial charge in [0.05, 0.1) is 11.8 Å². The van der Waals surface area contributed by atoms with Crippen LogP contribution in [0.4, 0.5) is 0 Å². The number of carbonyl (C=O) groups excluding carboxylic acids is 1. The third-order valence-electron chi connectivity index (χ3n) is 4.21. The molecule has 1 aliphatic rings. The number of Topliss-reactive ketones (excluding diaryl/α,β-unsaturated/α-hetero) is 1. The number of benzene rings is 1. The van der Waals surface area contributed by atoms with Gasteiger partial charge in [-0.05, 0) is 30.2 Å². The third kappa shape index (κ3) is 2.71. The third-order valence-corrected chi connectivity index (χ3v) is 4.21. The second kappa shape index (κ2) is 5.96. The molecule has 24 heavy (non-hydrogen) atoms. The van der Waals surface area contributed by atoms with Crippen molar-refractivity contribution in [2.45, 2.75) is 19.8 Å². The minimum Gasteiger partial charge on any atom is -0.481 e. The second-order valence-corrected chi connectivity index (χ2v) is 5.95. The van der Waals surface area contributed by atoms with Gasteiger partial charge in [0.1, 0.15) is 5.75 Å². The van der Waals surface area contributed by atoms with E-state index in [2.05, 4.69) is 5.10 Å². The molecule has 0 bridgehead atoms. The zero-order valence-corrected chi connectivity index (χ0v) is 13.7. The van der Waals surface area contributed by atoms with Gasteiger partial charge in [0.25, 0.3) is 0 Å². The fourth-order valence-corrected chi connectivity index (χ4v) is 3.14. The highest BCUT2D eigenvalue weighted by molar-refractivity contribution is 6.18. The fourth-order valence-electron chi connectivity index (χ4n) is 3.14. The van der Waals surface area contributed by atoms with Gasteiger partial charge in [-0.2, -0.15) is 5.10 Å². The number of ketones is 1. The van der Waals surface area contributed by atoms with Gasteiger partial charge in [-0.15, -0.1) is 0 Å². The second-order valence-electron chi connectivity index (χ2n) is 5.95. The molecule has 1 aromatic heterocycles. The quantitative estimate of drug-likeness (QED) is 0.873. The minimum absolute atomic E-state index is 0.0823. The highest BCUT2D eigenvalue weighted by Crippen LogP contribution is 2.44. The largest absolute Gasteiger partial charge is 0.481 e. The Morgan fingerprint density at radius 3 is 2.83 bits per heavy atom. The van der Waals surface area contributed by atoms with Crippen LogP contribution in [0.2, 0.25) is 0 Å². The molecule has 1 unspecified atom stereocenters. The molecule has 0 saturated carbocycles. The first-order valence-corrected chi connectivity index (χ1v) is 7.61. The summed E-state index contributed by atoms with van der Waals surface area (Å²) in [7, 11) is 1.82. The molecule has 1 heterocycles. The number of carboxylic acid groups (broad SMARTS) is 1. The Morgan fingerprint density at radius 2 is 2.21 bits per heavy atom. The summed E-state index contributed by atoms with van der Waals surface area (Å²) in [6.45, 7) is 3.44. The molecule has 0 aliphatic heterocycles. The van der Waals surface area contributed by atoms with Crippen LogP contribution in [-0.4, -0.2) is 33.2 Å². The summed E-state index contributed by atoms with van der Waals surface area (Å²) in [4.78, 5) is 23.7. The van der Waals surface area contributed by atoms with E-state index >= 15 is 0 Å². The van der Waals surface area contributed by atoms with Crippen LogP contribution in [0.15, 0.2) is 30.1 Å². The van der Waals surface area contributed by atoms with Crippen molar-refractivity contribution in [3.05, 3.63) is 52.4 Å². The van der Waals surface area contributed by atoms with Gasteiger partial charge >= 0.3 is 5.97 Å². The molecule has 6 heteroatoms. The molecule has 124 valence electrons. The van der Waals surface area contributed by atoms with Gasteiger partial charge in [-0.25, -0.2) is 4.79 Å². The van der Waals surface area contributed by atoms with Crippen molar-refractivity contribution in [1.29, 1.82) is 0 Å². The minimum atomic E-state index is -1.08. The Labute approximate surface area is 139 Å². The van der Waals surface area contributed by atoms with Gasteiger partial charge in [0, 0.05) is 30.3 Å². The van der Waals surface area contributed by atoms with E-state index in [0.717, 1.165) is 16.7 Å². The monoisotopic (exact) mass is 326 g/mol. The summed E-state index contributed by atoms with van der Waals surface area (Å²) < 4.78 is 7.00. The summed E-state index contributed by atoms with van der Waals surface area (Å²) in [5, 5.41) is 12.9. The van der Waals surface area contributed by atoms with Crippen LogP contribution in [0.1, 0.15) is 39.9 Å². The lowest BCUT2D eigenvalue weighted by molar-refractivity contribution is -0.139. The first-order chi connectivity index (χ1) is 11.4. The Kier molecular flexibility index (Phi) is 3.97. The summed E-state index contributed by atoms with van der Waals surface area (Å²) in [6, 6.07) is 3.52. The van der Waals surface area contributed by atoms with Crippen LogP contribution >= 0.6 is 0 Å². The van der Waals surface area contributed by atoms with E-state index in [1.165, 1.54) is 0 Å². The lowest BCUT2D eigenvalue weighted by atomic mass is 9.95. The van der Waals surface area contributed by atoms with Crippen molar-refractivity contribution in [2.75, 3.05) is 6.61 Å². The number of rotatable bonds is 4. The summed E-state index contributed by atoms with van der Waals surface area (Å²) >= 11 is 0. The number of hydrogen-bond acceptors (Lipinski definition) is 4. The van der Waals surface area contributed by atoms with E-state index in [1.54, 1.807) is 16.9 Å². The van der Waals surface area contributed by atoms with Crippen molar-refractivity contribution < 1.29 is 19.4 Å². The zero-order chi connectivity index (χ0) is 17.4. The molecule has 0 amide bonds. The Morgan fingerprint density at radius 1 is 1.46 bits per heavy atom. The van der Waals surface area contributed by atoms with Crippen molar-refractivity contribution in [1.82, 2.24) is 9.78 Å². The zero-order valence-electron chi connectivity index (χ0n) is 13.7. The first kappa shape index (κ1) is 16.0. The van der Waals surface area contributed by atoms with Crippen molar-refractivity contribution >= 4 is 17.8 Å². The van der Waals surface area contributed by atoms with E-state index in [9.17, 15) is 9.59 Å². The normalized spacial score (nSPS) is 18.0. The highest BCUT2D eigenvalue weighted by Gasteiger charge is 2.35. The maximum atomic E-state index is 12.9. The number of allylic oxidation sites excluding steroid dienone is 1. The van der Waals surface area contributed by atoms with E-state index in [-0.39, 0.29) is 11.7 Å². The van der Waals surface area contributed by atoms with Gasteiger partial charge in [-0.1, -0.05) is 13.0 Å². The molecule has 6 nitrogen and oxygen atoms in total. The smallest absolute Gasteiger partial charge is 0.341 e. The van der Waals surface area contributed by atoms with E-state index in [0.29, 0.717) is 16.9 Å². The molecule has 0 radical (unpaired) electrons. The Balaban J connectivity index is 2.05. The van der Waals surface area contributed by atoms with Gasteiger partial charge in [-0.3, -0.25) is 9.48 Å². The molecule has 2 aromatic rings. The van der Waals surface area contributed by atoms with Crippen molar-refractivity contribution in [2.24, 2.45) is 7.05 Å². The van der Waals surface area contributed by atoms with E-state index < -0.39 is 12.6 Å². The summed E-state index contributed by atoms with van der Waals surface area (Å²) in [5.41, 5.74) is 3.87. The molecular weight excluding hydrogens is 308 g/mol. The topological polar surface area (TPSA) is 81.4 Å². The van der Waals surface area contributed by atoms with Gasteiger partial charge in [0.15, 0.2) is 12.4 Å². The standard InChI is InChI=1S/C18H18N2O4/c1-10-4-5-14(24-9-15(21)22)17-16(10)11(2)13(18(17)23)6-12-7-19-20(3)8-12/h4-8,11H,9H2,1-3H3,(H,21,22)/b13-6+. The van der Waals surface area contributed by atoms with Gasteiger partial charge < -0.3 is 9.84 Å². The average Bonchev–Trinajstić information content (AvgIpc) is 3.04. The molecule has 3 rings (SSSR count). The number of ether oxygens (including phenoxy) is 1. The molecule has 1 atom stereocenters. The van der Waals surface area contributed by atoms with E-state index in [1.807, 2.05) is 39.2 Å². The first-order valence-electron chi connectivity index (χ1n) is 7.61. The predicted octanol–water partition coefficient (Wildman–Crippen LogP) is 2.58. The number of aromatic nitrogens is 2. The van der Waals surface area contributed by atoms with Crippen LogP contribution in [0.3, 0.4) is 0 Å². The van der Waals surface area contributed by atoms with Crippen LogP contribution in [-0.2, 0) is 11.8 Å². The van der Waals surface area contributed by atoms with Crippen molar-refractivity contribution in [3.63, 3.8) is 0 Å². The van der Waals surface area contributed by atoms with Crippen LogP contribution in [0.5, 0.6) is 5.75 Å². The molecule has 0 spiro atoms. The number of nitrogens with zero attached hydrogens (tertiary/aromatic N) is 2. The lowest BCUT2D eigenvalue weighted by Gasteiger charge is -2.12. The predicted molar refractivity (Wildman–Crippen MR) is 88.2 cm³/mol. The number of hydrogen-bond donors (Lipinski definition) is 1. The molecule has 1 aromatic carbocycles. The lowest BCUT2D eigenvalue weighted by Crippen LogP contribution is -2.11. The maximum absolute atomic E-state index is 12.9. The van der Waals surface area contributed by atoms with Crippen LogP contribution in [0.25, 0.3) is 6.08 Å². The Hall–Kier alpha value is -2.89. The molecule has 1 N–H and O–H groups in total. The van der Waals surface area contributed by atoms with Crippen molar-refractivity contribution in [3.8, 4) is 5.75 Å². The van der Waals surface area contributed by atoms with Crippen LogP contribution in [0, 0.1) is 6.92 Å². The summed E-state index contributed by atoms with van der Waals surface area (Å²) in [5.74, 6) is -0.954. The number of aliphatic carboxylic acids is 1. The highest BCUT2D eigenvalue weighted by atomic mass is 16.5. The molecular formula is C18H18N2O4. The molecule has 0 fully saturated rings. The SMILES string of the molecule is Cc1ccc(OCC(=O)O)c2c1C(C)/C(=C\c1cnn(C)c1)C2=O. The number of aryl methyl sites for hydroxylation is 2. The number of carbonyl (C=O) groups is 2. The van der Waals surface area contributed by atoms with Gasteiger partial charge in [0.2, 0.25) is 0 Å². The van der Waals surface area contributed by atoms with Crippen LogP contribution < -0.4 is 4.74 Å². The average molecular weight is 326 g/mol. The molecule has 0 saturated heterocycles. The van der Waals surface area contributed by atoms with E-state index in [4.69, 9.17) is 9.84 Å².